The van der Waals surface area contributed by atoms with E-state index in [9.17, 15) is 31.9 Å². The Morgan fingerprint density at radius 3 is 2.66 bits per heavy atom. The lowest BCUT2D eigenvalue weighted by Crippen LogP contribution is -2.59. The molecular formula is C24H26F4N6O4. The minimum atomic E-state index is -4.94. The maximum atomic E-state index is 14.4. The van der Waals surface area contributed by atoms with Gasteiger partial charge in [0.25, 0.3) is 5.56 Å². The van der Waals surface area contributed by atoms with E-state index in [1.165, 1.54) is 12.3 Å². The third kappa shape index (κ3) is 5.83. The summed E-state index contributed by atoms with van der Waals surface area (Å²) in [4.78, 5) is 48.0. The third-order valence-corrected chi connectivity index (χ3v) is 7.04. The Kier molecular flexibility index (Phi) is 6.65. The number of hydrogen-bond donors (Lipinski definition) is 3. The summed E-state index contributed by atoms with van der Waals surface area (Å²) in [6.07, 6.45) is -1.16. The quantitative estimate of drug-likeness (QED) is 0.486. The lowest BCUT2D eigenvalue weighted by molar-refractivity contribution is -0.274. The molecule has 14 heteroatoms. The zero-order valence-electron chi connectivity index (χ0n) is 20.2. The molecule has 3 fully saturated rings. The molecule has 1 aliphatic carbocycles. The summed E-state index contributed by atoms with van der Waals surface area (Å²) in [6.45, 7) is 1.01. The Bertz CT molecular complexity index is 1280. The van der Waals surface area contributed by atoms with Crippen LogP contribution >= 0.6 is 0 Å². The summed E-state index contributed by atoms with van der Waals surface area (Å²) >= 11 is 0. The molecule has 3 amide bonds. The second kappa shape index (κ2) is 9.80. The predicted octanol–water partition coefficient (Wildman–Crippen LogP) is 2.27. The Balaban J connectivity index is 1.33. The van der Waals surface area contributed by atoms with Gasteiger partial charge in [-0.1, -0.05) is 6.07 Å². The first-order valence-electron chi connectivity index (χ1n) is 12.2. The molecule has 3 heterocycles. The van der Waals surface area contributed by atoms with Crippen LogP contribution in [0.25, 0.3) is 0 Å². The average Bonchev–Trinajstić information content (AvgIpc) is 3.60. The van der Waals surface area contributed by atoms with Crippen LogP contribution in [0.5, 0.6) is 5.75 Å². The molecule has 2 aromatic rings. The standard InChI is InChI=1S/C24H26F4N6O4/c25-18-7-17(38-24(26,27)28)4-1-14(18)10-30-22(37)34(15-2-3-15)16-8-23(9-20(36)31-12-23)13-33(11-16)21-29-6-5-19(35)32-21/h1,4-7,15-16H,2-3,8-13H2,(H,30,37)(H,31,36)(H,29,32,35)/t16-,23?/m1/s1. The number of rotatable bonds is 6. The second-order valence-electron chi connectivity index (χ2n) is 10.0. The fraction of sp³-hybridized carbons (Fsp3) is 0.500. The number of alkyl halides is 3. The van der Waals surface area contributed by atoms with Crippen LogP contribution in [0.15, 0.2) is 35.3 Å². The number of nitrogens with zero attached hydrogens (tertiary/aromatic N) is 3. The number of H-pyrrole nitrogens is 1. The fourth-order valence-electron chi connectivity index (χ4n) is 5.34. The second-order valence-corrected chi connectivity index (χ2v) is 10.0. The SMILES string of the molecule is O=C1CC2(CN1)C[C@@H](N(C(=O)NCc1ccc(OC(F)(F)F)cc1F)C1CC1)CN(c1nccc(=O)[nH]1)C2. The van der Waals surface area contributed by atoms with Crippen molar-refractivity contribution in [3.8, 4) is 5.75 Å². The van der Waals surface area contributed by atoms with E-state index in [1.54, 1.807) is 4.90 Å². The van der Waals surface area contributed by atoms with E-state index >= 15 is 0 Å². The minimum absolute atomic E-state index is 0.00186. The Morgan fingerprint density at radius 1 is 1.24 bits per heavy atom. The maximum Gasteiger partial charge on any atom is 0.573 e. The number of carbonyl (C=O) groups excluding carboxylic acids is 2. The number of benzene rings is 1. The molecule has 1 saturated carbocycles. The van der Waals surface area contributed by atoms with Crippen molar-refractivity contribution < 1.29 is 31.9 Å². The summed E-state index contributed by atoms with van der Waals surface area (Å²) < 4.78 is 55.4. The molecule has 204 valence electrons. The molecule has 1 aromatic carbocycles. The van der Waals surface area contributed by atoms with Gasteiger partial charge in [-0.15, -0.1) is 13.2 Å². The third-order valence-electron chi connectivity index (χ3n) is 7.04. The zero-order valence-corrected chi connectivity index (χ0v) is 20.2. The molecule has 1 spiro atoms. The lowest BCUT2D eigenvalue weighted by Gasteiger charge is -2.47. The van der Waals surface area contributed by atoms with E-state index in [-0.39, 0.29) is 42.1 Å². The summed E-state index contributed by atoms with van der Waals surface area (Å²) in [6, 6.07) is 3.20. The number of carbonyl (C=O) groups is 2. The van der Waals surface area contributed by atoms with Gasteiger partial charge in [0.2, 0.25) is 11.9 Å². The monoisotopic (exact) mass is 538 g/mol. The molecule has 38 heavy (non-hydrogen) atoms. The van der Waals surface area contributed by atoms with Gasteiger partial charge in [-0.2, -0.15) is 0 Å². The predicted molar refractivity (Wildman–Crippen MR) is 126 cm³/mol. The summed E-state index contributed by atoms with van der Waals surface area (Å²) in [5.74, 6) is -1.37. The Hall–Kier alpha value is -3.84. The molecule has 2 atom stereocenters. The largest absolute Gasteiger partial charge is 0.573 e. The lowest BCUT2D eigenvalue weighted by atomic mass is 9.76. The van der Waals surface area contributed by atoms with E-state index < -0.39 is 29.4 Å². The average molecular weight is 539 g/mol. The van der Waals surface area contributed by atoms with Crippen molar-refractivity contribution in [1.82, 2.24) is 25.5 Å². The first kappa shape index (κ1) is 25.8. The highest BCUT2D eigenvalue weighted by Gasteiger charge is 2.49. The van der Waals surface area contributed by atoms with Crippen LogP contribution in [0.1, 0.15) is 31.2 Å². The van der Waals surface area contributed by atoms with Gasteiger partial charge in [0, 0.05) is 67.9 Å². The first-order valence-corrected chi connectivity index (χ1v) is 12.2. The van der Waals surface area contributed by atoms with E-state index in [0.29, 0.717) is 38.1 Å². The Labute approximate surface area is 214 Å². The fourth-order valence-corrected chi connectivity index (χ4v) is 5.34. The minimum Gasteiger partial charge on any atom is -0.406 e. The number of ether oxygens (including phenoxy) is 1. The smallest absolute Gasteiger partial charge is 0.406 e. The number of aromatic amines is 1. The van der Waals surface area contributed by atoms with Crippen LogP contribution in [-0.4, -0.2) is 64.9 Å². The molecular weight excluding hydrogens is 512 g/mol. The van der Waals surface area contributed by atoms with Gasteiger partial charge in [0.15, 0.2) is 0 Å². The van der Waals surface area contributed by atoms with Gasteiger partial charge in [-0.3, -0.25) is 14.6 Å². The number of amides is 3. The van der Waals surface area contributed by atoms with Crippen LogP contribution in [0, 0.1) is 11.2 Å². The number of halogens is 4. The number of nitrogens with one attached hydrogen (secondary N) is 3. The summed E-state index contributed by atoms with van der Waals surface area (Å²) in [5, 5.41) is 5.56. The molecule has 10 nitrogen and oxygen atoms in total. The van der Waals surface area contributed by atoms with Crippen LogP contribution in [-0.2, 0) is 11.3 Å². The van der Waals surface area contributed by atoms with Crippen LogP contribution in [0.2, 0.25) is 0 Å². The molecule has 0 radical (unpaired) electrons. The summed E-state index contributed by atoms with van der Waals surface area (Å²) in [7, 11) is 0. The molecule has 2 saturated heterocycles. The molecule has 5 rings (SSSR count). The number of aromatic nitrogens is 2. The normalized spacial score (nSPS) is 23.3. The molecule has 3 N–H and O–H groups in total. The maximum absolute atomic E-state index is 14.4. The molecule has 1 unspecified atom stereocenters. The van der Waals surface area contributed by atoms with Gasteiger partial charge in [-0.25, -0.2) is 14.2 Å². The number of anilines is 1. The van der Waals surface area contributed by atoms with Crippen LogP contribution in [0.3, 0.4) is 0 Å². The van der Waals surface area contributed by atoms with Crippen LogP contribution in [0.4, 0.5) is 28.3 Å². The number of urea groups is 1. The van der Waals surface area contributed by atoms with Gasteiger partial charge in [0.05, 0.1) is 6.04 Å². The van der Waals surface area contributed by atoms with Gasteiger partial charge >= 0.3 is 12.4 Å². The molecule has 1 aromatic heterocycles. The zero-order chi connectivity index (χ0) is 27.1. The molecule has 2 aliphatic heterocycles. The Morgan fingerprint density at radius 2 is 2.03 bits per heavy atom. The van der Waals surface area contributed by atoms with Crippen molar-refractivity contribution in [1.29, 1.82) is 0 Å². The number of hydrogen-bond acceptors (Lipinski definition) is 6. The van der Waals surface area contributed by atoms with E-state index in [2.05, 4.69) is 25.3 Å². The first-order chi connectivity index (χ1) is 18.0. The van der Waals surface area contributed by atoms with Gasteiger partial charge in [0.1, 0.15) is 11.6 Å². The van der Waals surface area contributed by atoms with E-state index in [0.717, 1.165) is 25.0 Å². The van der Waals surface area contributed by atoms with Crippen molar-refractivity contribution >= 4 is 17.9 Å². The molecule has 0 bridgehead atoms. The number of piperidine rings is 1. The van der Waals surface area contributed by atoms with Gasteiger partial charge in [-0.05, 0) is 25.3 Å². The van der Waals surface area contributed by atoms with Crippen molar-refractivity contribution in [2.45, 2.75) is 50.7 Å². The highest BCUT2D eigenvalue weighted by molar-refractivity contribution is 5.79. The summed E-state index contributed by atoms with van der Waals surface area (Å²) in [5.41, 5.74) is -0.790. The van der Waals surface area contributed by atoms with Crippen molar-refractivity contribution in [3.05, 3.63) is 52.2 Å². The topological polar surface area (TPSA) is 120 Å². The molecule has 3 aliphatic rings. The van der Waals surface area contributed by atoms with E-state index in [4.69, 9.17) is 0 Å². The van der Waals surface area contributed by atoms with E-state index in [1.807, 2.05) is 4.90 Å². The van der Waals surface area contributed by atoms with Crippen LogP contribution < -0.4 is 25.8 Å². The van der Waals surface area contributed by atoms with Crippen molar-refractivity contribution in [2.75, 3.05) is 24.5 Å². The van der Waals surface area contributed by atoms with Crippen molar-refractivity contribution in [3.63, 3.8) is 0 Å². The highest BCUT2D eigenvalue weighted by atomic mass is 19.4. The van der Waals surface area contributed by atoms with Gasteiger partial charge < -0.3 is 25.2 Å². The highest BCUT2D eigenvalue weighted by Crippen LogP contribution is 2.41. The van der Waals surface area contributed by atoms with Crippen molar-refractivity contribution in [2.24, 2.45) is 5.41 Å².